The fourth-order valence-corrected chi connectivity index (χ4v) is 2.32. The maximum atomic E-state index is 5.72. The second-order valence-electron chi connectivity index (χ2n) is 4.59. The van der Waals surface area contributed by atoms with Crippen LogP contribution in [0.5, 0.6) is 11.5 Å². The van der Waals surface area contributed by atoms with E-state index in [0.717, 1.165) is 22.9 Å². The lowest BCUT2D eigenvalue weighted by molar-refractivity contribution is 0.168. The second-order valence-corrected chi connectivity index (χ2v) is 4.59. The van der Waals surface area contributed by atoms with Crippen molar-refractivity contribution >= 4 is 0 Å². The van der Waals surface area contributed by atoms with Crippen LogP contribution in [0.2, 0.25) is 0 Å². The highest BCUT2D eigenvalue weighted by Crippen LogP contribution is 2.37. The second kappa shape index (κ2) is 5.48. The zero-order valence-electron chi connectivity index (χ0n) is 11.2. The Bertz CT molecular complexity index is 598. The number of hydrogen-bond acceptors (Lipinski definition) is 6. The molecule has 0 aliphatic carbocycles. The maximum absolute atomic E-state index is 5.72. The lowest BCUT2D eigenvalue weighted by Gasteiger charge is -2.24. The summed E-state index contributed by atoms with van der Waals surface area (Å²) in [6, 6.07) is 5.70. The Labute approximate surface area is 116 Å². The van der Waals surface area contributed by atoms with E-state index in [1.165, 1.54) is 6.33 Å². The topological polar surface area (TPSA) is 87.2 Å². The quantitative estimate of drug-likeness (QED) is 0.618. The van der Waals surface area contributed by atoms with Gasteiger partial charge >= 0.3 is 0 Å². The molecule has 20 heavy (non-hydrogen) atoms. The van der Waals surface area contributed by atoms with Crippen molar-refractivity contribution in [2.45, 2.75) is 12.5 Å². The average Bonchev–Trinajstić information content (AvgIpc) is 2.89. The van der Waals surface area contributed by atoms with Crippen molar-refractivity contribution in [3.8, 4) is 11.5 Å². The van der Waals surface area contributed by atoms with Crippen LogP contribution in [0.4, 0.5) is 0 Å². The highest BCUT2D eigenvalue weighted by molar-refractivity contribution is 5.49. The van der Waals surface area contributed by atoms with Gasteiger partial charge in [-0.15, -0.1) is 0 Å². The summed E-state index contributed by atoms with van der Waals surface area (Å²) in [7, 11) is 1.86. The third-order valence-corrected chi connectivity index (χ3v) is 3.37. The highest BCUT2D eigenvalue weighted by Gasteiger charge is 2.22. The zero-order chi connectivity index (χ0) is 13.9. The van der Waals surface area contributed by atoms with Crippen molar-refractivity contribution in [1.29, 1.82) is 0 Å². The van der Waals surface area contributed by atoms with E-state index in [2.05, 4.69) is 15.5 Å². The van der Waals surface area contributed by atoms with Gasteiger partial charge < -0.3 is 9.47 Å². The van der Waals surface area contributed by atoms with Crippen LogP contribution < -0.4 is 20.7 Å². The van der Waals surface area contributed by atoms with Gasteiger partial charge in [-0.3, -0.25) is 16.0 Å². The number of hydrogen-bond donors (Lipinski definition) is 2. The Morgan fingerprint density at radius 1 is 1.40 bits per heavy atom. The molecule has 2 aromatic rings. The summed E-state index contributed by atoms with van der Waals surface area (Å²) in [5.74, 6) is 8.06. The van der Waals surface area contributed by atoms with E-state index in [1.807, 2.05) is 25.2 Å². The molecule has 0 bridgehead atoms. The number of rotatable bonds is 4. The molecule has 106 valence electrons. The van der Waals surface area contributed by atoms with Crippen LogP contribution in [0.3, 0.4) is 0 Å². The first kappa shape index (κ1) is 12.9. The third kappa shape index (κ3) is 2.33. The summed E-state index contributed by atoms with van der Waals surface area (Å²) in [5.41, 5.74) is 3.78. The molecule has 1 aliphatic rings. The molecule has 0 fully saturated rings. The number of nitrogens with one attached hydrogen (secondary N) is 1. The SMILES string of the molecule is Cn1ncnc1CC(NN)c1cccc2c1OCCO2. The number of aryl methyl sites for hydroxylation is 1. The first-order valence-electron chi connectivity index (χ1n) is 6.47. The number of fused-ring (bicyclic) bond motifs is 1. The van der Waals surface area contributed by atoms with Crippen LogP contribution in [0, 0.1) is 0 Å². The van der Waals surface area contributed by atoms with E-state index in [-0.39, 0.29) is 6.04 Å². The Morgan fingerprint density at radius 3 is 3.00 bits per heavy atom. The van der Waals surface area contributed by atoms with Crippen molar-refractivity contribution in [2.75, 3.05) is 13.2 Å². The predicted octanol–water partition coefficient (Wildman–Crippen LogP) is 0.333. The van der Waals surface area contributed by atoms with Gasteiger partial charge in [0, 0.05) is 19.0 Å². The van der Waals surface area contributed by atoms with Gasteiger partial charge in [0.1, 0.15) is 25.4 Å². The minimum atomic E-state index is -0.116. The molecule has 0 saturated heterocycles. The third-order valence-electron chi connectivity index (χ3n) is 3.37. The molecule has 0 radical (unpaired) electrons. The number of nitrogens with two attached hydrogens (primary N) is 1. The summed E-state index contributed by atoms with van der Waals surface area (Å²) >= 11 is 0. The maximum Gasteiger partial charge on any atom is 0.166 e. The number of aromatic nitrogens is 3. The van der Waals surface area contributed by atoms with Gasteiger partial charge in [0.15, 0.2) is 11.5 Å². The average molecular weight is 275 g/mol. The van der Waals surface area contributed by atoms with Crippen LogP contribution in [0.1, 0.15) is 17.4 Å². The van der Waals surface area contributed by atoms with Crippen LogP contribution in [0.25, 0.3) is 0 Å². The van der Waals surface area contributed by atoms with Gasteiger partial charge in [-0.25, -0.2) is 4.98 Å². The number of para-hydroxylation sites is 1. The molecule has 1 aromatic carbocycles. The van der Waals surface area contributed by atoms with Crippen LogP contribution >= 0.6 is 0 Å². The molecule has 3 rings (SSSR count). The van der Waals surface area contributed by atoms with Gasteiger partial charge in [-0.05, 0) is 6.07 Å². The van der Waals surface area contributed by atoms with Crippen molar-refractivity contribution in [1.82, 2.24) is 20.2 Å². The van der Waals surface area contributed by atoms with Crippen molar-refractivity contribution < 1.29 is 9.47 Å². The molecule has 7 heteroatoms. The van der Waals surface area contributed by atoms with Crippen molar-refractivity contribution in [3.63, 3.8) is 0 Å². The molecular weight excluding hydrogens is 258 g/mol. The summed E-state index contributed by atoms with van der Waals surface area (Å²) in [4.78, 5) is 4.23. The first-order valence-corrected chi connectivity index (χ1v) is 6.47. The molecule has 0 spiro atoms. The predicted molar refractivity (Wildman–Crippen MR) is 72.2 cm³/mol. The standard InChI is InChI=1S/C13H17N5O2/c1-18-12(15-8-16-18)7-10(17-14)9-3-2-4-11-13(9)20-6-5-19-11/h2-4,8,10,17H,5-7,14H2,1H3. The van der Waals surface area contributed by atoms with E-state index in [9.17, 15) is 0 Å². The van der Waals surface area contributed by atoms with Gasteiger partial charge in [0.2, 0.25) is 0 Å². The van der Waals surface area contributed by atoms with Crippen LogP contribution in [0.15, 0.2) is 24.5 Å². The Morgan fingerprint density at radius 2 is 2.25 bits per heavy atom. The fraction of sp³-hybridized carbons (Fsp3) is 0.385. The highest BCUT2D eigenvalue weighted by atomic mass is 16.6. The van der Waals surface area contributed by atoms with Crippen LogP contribution in [-0.4, -0.2) is 28.0 Å². The molecule has 1 unspecified atom stereocenters. The fourth-order valence-electron chi connectivity index (χ4n) is 2.32. The van der Waals surface area contributed by atoms with E-state index < -0.39 is 0 Å². The molecule has 1 atom stereocenters. The van der Waals surface area contributed by atoms with Crippen LogP contribution in [-0.2, 0) is 13.5 Å². The van der Waals surface area contributed by atoms with Gasteiger partial charge in [-0.2, -0.15) is 5.10 Å². The largest absolute Gasteiger partial charge is 0.486 e. The van der Waals surface area contributed by atoms with Gasteiger partial charge in [0.05, 0.1) is 6.04 Å². The molecule has 2 heterocycles. The van der Waals surface area contributed by atoms with Gasteiger partial charge in [-0.1, -0.05) is 12.1 Å². The number of benzene rings is 1. The van der Waals surface area contributed by atoms with Crippen molar-refractivity contribution in [3.05, 3.63) is 35.9 Å². The van der Waals surface area contributed by atoms with Crippen molar-refractivity contribution in [2.24, 2.45) is 12.9 Å². The Balaban J connectivity index is 1.91. The smallest absolute Gasteiger partial charge is 0.166 e. The summed E-state index contributed by atoms with van der Waals surface area (Å²) in [6.45, 7) is 1.12. The summed E-state index contributed by atoms with van der Waals surface area (Å²) in [6.07, 6.45) is 2.15. The minimum absolute atomic E-state index is 0.116. The molecule has 7 nitrogen and oxygen atoms in total. The molecule has 1 aromatic heterocycles. The normalized spacial score (nSPS) is 15.1. The molecule has 0 saturated carbocycles. The summed E-state index contributed by atoms with van der Waals surface area (Å²) < 4.78 is 13.0. The van der Waals surface area contributed by atoms with E-state index in [1.54, 1.807) is 4.68 Å². The molecule has 3 N–H and O–H groups in total. The number of hydrazine groups is 1. The Kier molecular flexibility index (Phi) is 3.53. The van der Waals surface area contributed by atoms with E-state index in [4.69, 9.17) is 15.3 Å². The lowest BCUT2D eigenvalue weighted by atomic mass is 10.0. The molecule has 1 aliphatic heterocycles. The van der Waals surface area contributed by atoms with E-state index in [0.29, 0.717) is 19.6 Å². The number of nitrogens with zero attached hydrogens (tertiary/aromatic N) is 3. The lowest BCUT2D eigenvalue weighted by Crippen LogP contribution is -2.31. The van der Waals surface area contributed by atoms with E-state index >= 15 is 0 Å². The summed E-state index contributed by atoms with van der Waals surface area (Å²) in [5, 5.41) is 4.07. The number of ether oxygens (including phenoxy) is 2. The first-order chi connectivity index (χ1) is 9.79. The monoisotopic (exact) mass is 275 g/mol. The molecule has 0 amide bonds. The zero-order valence-corrected chi connectivity index (χ0v) is 11.2. The minimum Gasteiger partial charge on any atom is -0.486 e. The Hall–Kier alpha value is -2.12. The van der Waals surface area contributed by atoms with Gasteiger partial charge in [0.25, 0.3) is 0 Å². The molecular formula is C13H17N5O2.